The number of amides is 1. The molecule has 1 unspecified atom stereocenters. The minimum Gasteiger partial charge on any atom is -0.382 e. The van der Waals surface area contributed by atoms with Gasteiger partial charge in [0, 0.05) is 25.4 Å². The first-order valence-corrected chi connectivity index (χ1v) is 7.70. The first-order chi connectivity index (χ1) is 9.02. The number of hydrogen-bond acceptors (Lipinski definition) is 3. The van der Waals surface area contributed by atoms with Crippen LogP contribution in [0.2, 0.25) is 0 Å². The molecule has 0 heterocycles. The molecule has 0 bridgehead atoms. The average Bonchev–Trinajstić information content (AvgIpc) is 2.40. The van der Waals surface area contributed by atoms with Gasteiger partial charge in [-0.15, -0.1) is 0 Å². The summed E-state index contributed by atoms with van der Waals surface area (Å²) in [7, 11) is 1.75. The Morgan fingerprint density at radius 3 is 2.79 bits per heavy atom. The second kappa shape index (κ2) is 7.38. The van der Waals surface area contributed by atoms with Gasteiger partial charge in [-0.1, -0.05) is 6.07 Å². The van der Waals surface area contributed by atoms with Gasteiger partial charge >= 0.3 is 0 Å². The van der Waals surface area contributed by atoms with E-state index in [1.807, 2.05) is 20.1 Å². The van der Waals surface area contributed by atoms with E-state index in [0.717, 1.165) is 5.75 Å². The maximum Gasteiger partial charge on any atom is 0.256 e. The van der Waals surface area contributed by atoms with Crippen molar-refractivity contribution >= 4 is 23.4 Å². The fraction of sp³-hybridized carbons (Fsp3) is 0.500. The highest BCUT2D eigenvalue weighted by atomic mass is 32.2. The Hall–Kier alpha value is -1.23. The molecule has 106 valence electrons. The molecule has 0 aliphatic rings. The summed E-state index contributed by atoms with van der Waals surface area (Å²) in [4.78, 5) is 14.1. The molecule has 0 saturated carbocycles. The zero-order valence-electron chi connectivity index (χ0n) is 11.9. The third kappa shape index (κ3) is 3.86. The summed E-state index contributed by atoms with van der Waals surface area (Å²) in [5, 5.41) is 2.92. The number of benzene rings is 1. The van der Waals surface area contributed by atoms with Crippen LogP contribution in [0.5, 0.6) is 0 Å². The monoisotopic (exact) mass is 284 g/mol. The Balaban J connectivity index is 3.02. The normalized spacial score (nSPS) is 12.1. The molecule has 1 atom stereocenters. The van der Waals surface area contributed by atoms with Crippen molar-refractivity contribution in [2.24, 2.45) is 0 Å². The summed E-state index contributed by atoms with van der Waals surface area (Å²) in [6.07, 6.45) is 2.00. The highest BCUT2D eigenvalue weighted by molar-refractivity contribution is 7.98. The van der Waals surface area contributed by atoms with Crippen molar-refractivity contribution in [3.63, 3.8) is 0 Å². The Labute approximate surface area is 118 Å². The molecule has 0 aliphatic carbocycles. The molecule has 1 aromatic carbocycles. The molecular formula is C14H21FN2OS. The number of halogens is 1. The van der Waals surface area contributed by atoms with Crippen LogP contribution < -0.4 is 5.32 Å². The van der Waals surface area contributed by atoms with Gasteiger partial charge in [0.25, 0.3) is 5.91 Å². The minimum atomic E-state index is -0.390. The molecule has 0 aliphatic heterocycles. The number of nitrogens with zero attached hydrogens (tertiary/aromatic N) is 1. The predicted octanol–water partition coefficient (Wildman–Crippen LogP) is 3.08. The highest BCUT2D eigenvalue weighted by Gasteiger charge is 2.21. The zero-order chi connectivity index (χ0) is 14.4. The van der Waals surface area contributed by atoms with Crippen LogP contribution in [-0.2, 0) is 0 Å². The lowest BCUT2D eigenvalue weighted by atomic mass is 10.1. The maximum atomic E-state index is 13.8. The summed E-state index contributed by atoms with van der Waals surface area (Å²) in [6, 6.07) is 4.70. The summed E-state index contributed by atoms with van der Waals surface area (Å²) < 4.78 is 13.8. The van der Waals surface area contributed by atoms with Crippen LogP contribution in [0.15, 0.2) is 18.2 Å². The number of anilines is 1. The van der Waals surface area contributed by atoms with E-state index in [1.54, 1.807) is 35.8 Å². The van der Waals surface area contributed by atoms with Crippen LogP contribution in [0.25, 0.3) is 0 Å². The quantitative estimate of drug-likeness (QED) is 0.871. The third-order valence-electron chi connectivity index (χ3n) is 2.99. The number of nitrogens with one attached hydrogen (secondary N) is 1. The molecule has 0 saturated heterocycles. The Bertz CT molecular complexity index is 439. The van der Waals surface area contributed by atoms with E-state index in [2.05, 4.69) is 5.32 Å². The fourth-order valence-corrected chi connectivity index (χ4v) is 2.51. The van der Waals surface area contributed by atoms with Crippen LogP contribution in [-0.4, -0.2) is 42.4 Å². The summed E-state index contributed by atoms with van der Waals surface area (Å²) >= 11 is 1.68. The molecule has 3 nitrogen and oxygen atoms in total. The molecule has 1 rings (SSSR count). The van der Waals surface area contributed by atoms with E-state index < -0.39 is 5.82 Å². The van der Waals surface area contributed by atoms with Gasteiger partial charge in [-0.3, -0.25) is 4.79 Å². The molecule has 0 fully saturated rings. The van der Waals surface area contributed by atoms with Gasteiger partial charge in [0.2, 0.25) is 0 Å². The molecule has 0 radical (unpaired) electrons. The Morgan fingerprint density at radius 1 is 1.53 bits per heavy atom. The van der Waals surface area contributed by atoms with Crippen molar-refractivity contribution in [2.45, 2.75) is 19.9 Å². The van der Waals surface area contributed by atoms with Gasteiger partial charge in [0.15, 0.2) is 0 Å². The molecular weight excluding hydrogens is 263 g/mol. The van der Waals surface area contributed by atoms with Crippen molar-refractivity contribution in [1.82, 2.24) is 4.90 Å². The third-order valence-corrected chi connectivity index (χ3v) is 3.80. The summed E-state index contributed by atoms with van der Waals surface area (Å²) in [5.41, 5.74) is 0.676. The number of thioether (sulfide) groups is 1. The predicted molar refractivity (Wildman–Crippen MR) is 80.5 cm³/mol. The fourth-order valence-electron chi connectivity index (χ4n) is 1.80. The van der Waals surface area contributed by atoms with Gasteiger partial charge in [0.1, 0.15) is 5.82 Å². The number of rotatable bonds is 6. The van der Waals surface area contributed by atoms with Crippen molar-refractivity contribution in [3.05, 3.63) is 29.6 Å². The summed E-state index contributed by atoms with van der Waals surface area (Å²) in [6.45, 7) is 4.44. The lowest BCUT2D eigenvalue weighted by Gasteiger charge is -2.25. The molecule has 19 heavy (non-hydrogen) atoms. The van der Waals surface area contributed by atoms with E-state index in [0.29, 0.717) is 17.8 Å². The van der Waals surface area contributed by atoms with Gasteiger partial charge in [0.05, 0.1) is 11.3 Å². The van der Waals surface area contributed by atoms with Gasteiger partial charge in [-0.2, -0.15) is 11.8 Å². The standard InChI is InChI=1S/C14H21FN2OS/c1-5-16-13-11(7-6-8-12(13)15)14(18)17(3)10(2)9-19-4/h6-8,10,16H,5,9H2,1-4H3. The van der Waals surface area contributed by atoms with Gasteiger partial charge < -0.3 is 10.2 Å². The second-order valence-corrected chi connectivity index (χ2v) is 5.32. The SMILES string of the molecule is CCNc1c(F)cccc1C(=O)N(C)C(C)CSC. The van der Waals surface area contributed by atoms with Crippen LogP contribution in [0.4, 0.5) is 10.1 Å². The molecule has 1 amide bonds. The van der Waals surface area contributed by atoms with Crippen molar-refractivity contribution in [2.75, 3.05) is 30.9 Å². The first-order valence-electron chi connectivity index (χ1n) is 6.31. The van der Waals surface area contributed by atoms with E-state index in [9.17, 15) is 9.18 Å². The minimum absolute atomic E-state index is 0.111. The lowest BCUT2D eigenvalue weighted by molar-refractivity contribution is 0.0758. The van der Waals surface area contributed by atoms with Crippen molar-refractivity contribution < 1.29 is 9.18 Å². The topological polar surface area (TPSA) is 32.3 Å². The van der Waals surface area contributed by atoms with Crippen molar-refractivity contribution in [3.8, 4) is 0 Å². The molecule has 0 aromatic heterocycles. The number of para-hydroxylation sites is 1. The van der Waals surface area contributed by atoms with Gasteiger partial charge in [-0.05, 0) is 32.2 Å². The second-order valence-electron chi connectivity index (χ2n) is 4.41. The summed E-state index contributed by atoms with van der Waals surface area (Å²) in [5.74, 6) is 0.310. The van der Waals surface area contributed by atoms with E-state index in [4.69, 9.17) is 0 Å². The number of carbonyl (C=O) groups excluding carboxylic acids is 1. The Morgan fingerprint density at radius 2 is 2.21 bits per heavy atom. The van der Waals surface area contributed by atoms with Crippen LogP contribution in [0, 0.1) is 5.82 Å². The first kappa shape index (κ1) is 15.8. The molecule has 1 N–H and O–H groups in total. The Kier molecular flexibility index (Phi) is 6.15. The average molecular weight is 284 g/mol. The maximum absolute atomic E-state index is 13.8. The number of carbonyl (C=O) groups is 1. The van der Waals surface area contributed by atoms with Gasteiger partial charge in [-0.25, -0.2) is 4.39 Å². The van der Waals surface area contributed by atoms with Crippen LogP contribution in [0.1, 0.15) is 24.2 Å². The lowest BCUT2D eigenvalue weighted by Crippen LogP contribution is -2.37. The molecule has 1 aromatic rings. The van der Waals surface area contributed by atoms with Crippen LogP contribution in [0.3, 0.4) is 0 Å². The van der Waals surface area contributed by atoms with E-state index in [1.165, 1.54) is 6.07 Å². The number of hydrogen-bond donors (Lipinski definition) is 1. The van der Waals surface area contributed by atoms with Crippen LogP contribution >= 0.6 is 11.8 Å². The largest absolute Gasteiger partial charge is 0.382 e. The highest BCUT2D eigenvalue weighted by Crippen LogP contribution is 2.22. The zero-order valence-corrected chi connectivity index (χ0v) is 12.7. The van der Waals surface area contributed by atoms with Crippen molar-refractivity contribution in [1.29, 1.82) is 0 Å². The molecule has 0 spiro atoms. The van der Waals surface area contributed by atoms with E-state index in [-0.39, 0.29) is 11.9 Å². The smallest absolute Gasteiger partial charge is 0.256 e. The van der Waals surface area contributed by atoms with E-state index >= 15 is 0 Å². The molecule has 5 heteroatoms.